The molecule has 18 heavy (non-hydrogen) atoms. The number of benzene rings is 1. The Morgan fingerprint density at radius 3 is 2.78 bits per heavy atom. The molecule has 0 aliphatic carbocycles. The average Bonchev–Trinajstić information content (AvgIpc) is 2.38. The molecule has 0 radical (unpaired) electrons. The van der Waals surface area contributed by atoms with E-state index in [1.165, 1.54) is 5.56 Å². The van der Waals surface area contributed by atoms with Crippen LogP contribution >= 0.6 is 0 Å². The van der Waals surface area contributed by atoms with Gasteiger partial charge in [-0.25, -0.2) is 0 Å². The Balaban J connectivity index is 1.87. The van der Waals surface area contributed by atoms with E-state index >= 15 is 0 Å². The van der Waals surface area contributed by atoms with Crippen molar-refractivity contribution in [2.75, 3.05) is 13.2 Å². The maximum Gasteiger partial charge on any atom is 0.248 e. The summed E-state index contributed by atoms with van der Waals surface area (Å²) in [6.45, 7) is 4.68. The van der Waals surface area contributed by atoms with Gasteiger partial charge in [-0.15, -0.1) is 0 Å². The third-order valence-corrected chi connectivity index (χ3v) is 3.45. The lowest BCUT2D eigenvalue weighted by atomic mass is 9.97. The van der Waals surface area contributed by atoms with E-state index in [9.17, 15) is 4.79 Å². The smallest absolute Gasteiger partial charge is 0.248 e. The van der Waals surface area contributed by atoms with Gasteiger partial charge in [0, 0.05) is 24.8 Å². The molecule has 1 aromatic rings. The summed E-state index contributed by atoms with van der Waals surface area (Å²) in [5, 5.41) is 3.54. The van der Waals surface area contributed by atoms with Crippen LogP contribution in [0.1, 0.15) is 29.3 Å². The van der Waals surface area contributed by atoms with Gasteiger partial charge >= 0.3 is 0 Å². The molecule has 1 aromatic carbocycles. The number of rotatable bonds is 4. The van der Waals surface area contributed by atoms with Crippen molar-refractivity contribution in [2.24, 2.45) is 11.7 Å². The summed E-state index contributed by atoms with van der Waals surface area (Å²) in [6, 6.07) is 7.93. The second-order valence-electron chi connectivity index (χ2n) is 4.89. The molecule has 2 atom stereocenters. The second kappa shape index (κ2) is 5.98. The zero-order chi connectivity index (χ0) is 13.0. The van der Waals surface area contributed by atoms with Gasteiger partial charge < -0.3 is 15.8 Å². The van der Waals surface area contributed by atoms with Crippen molar-refractivity contribution in [1.82, 2.24) is 5.32 Å². The molecule has 1 aliphatic rings. The standard InChI is InChI=1S/C14H20N2O2/c1-10-9-18-7-6-13(10)16-8-11-2-4-12(5-3-11)14(15)17/h2-5,10,13,16H,6-9H2,1H3,(H2,15,17). The molecule has 98 valence electrons. The summed E-state index contributed by atoms with van der Waals surface area (Å²) in [5.41, 5.74) is 6.92. The molecule has 0 spiro atoms. The van der Waals surface area contributed by atoms with Gasteiger partial charge in [-0.1, -0.05) is 19.1 Å². The summed E-state index contributed by atoms with van der Waals surface area (Å²) >= 11 is 0. The molecule has 3 N–H and O–H groups in total. The van der Waals surface area contributed by atoms with Crippen LogP contribution in [-0.2, 0) is 11.3 Å². The highest BCUT2D eigenvalue weighted by Crippen LogP contribution is 2.14. The maximum absolute atomic E-state index is 11.0. The number of nitrogens with two attached hydrogens (primary N) is 1. The number of hydrogen-bond acceptors (Lipinski definition) is 3. The Bertz CT molecular complexity index is 403. The van der Waals surface area contributed by atoms with Crippen molar-refractivity contribution in [3.63, 3.8) is 0 Å². The number of primary amides is 1. The van der Waals surface area contributed by atoms with Gasteiger partial charge in [0.1, 0.15) is 0 Å². The predicted molar refractivity (Wildman–Crippen MR) is 70.2 cm³/mol. The summed E-state index contributed by atoms with van der Waals surface area (Å²) < 4.78 is 5.41. The minimum atomic E-state index is -0.382. The number of carbonyl (C=O) groups excluding carboxylic acids is 1. The molecule has 0 saturated carbocycles. The first-order chi connectivity index (χ1) is 8.66. The third kappa shape index (κ3) is 3.31. The Morgan fingerprint density at radius 2 is 2.17 bits per heavy atom. The van der Waals surface area contributed by atoms with Crippen LogP contribution in [0.5, 0.6) is 0 Å². The third-order valence-electron chi connectivity index (χ3n) is 3.45. The van der Waals surface area contributed by atoms with E-state index in [0.717, 1.165) is 26.2 Å². The zero-order valence-corrected chi connectivity index (χ0v) is 10.7. The van der Waals surface area contributed by atoms with Crippen molar-refractivity contribution in [2.45, 2.75) is 25.9 Å². The van der Waals surface area contributed by atoms with Crippen molar-refractivity contribution in [1.29, 1.82) is 0 Å². The molecule has 1 fully saturated rings. The first-order valence-corrected chi connectivity index (χ1v) is 6.36. The fraction of sp³-hybridized carbons (Fsp3) is 0.500. The number of hydrogen-bond donors (Lipinski definition) is 2. The van der Waals surface area contributed by atoms with Gasteiger partial charge in [0.25, 0.3) is 0 Å². The van der Waals surface area contributed by atoms with Gasteiger partial charge in [0.05, 0.1) is 6.61 Å². The first kappa shape index (κ1) is 13.1. The molecule has 4 nitrogen and oxygen atoms in total. The van der Waals surface area contributed by atoms with E-state index in [0.29, 0.717) is 17.5 Å². The van der Waals surface area contributed by atoms with Gasteiger partial charge in [-0.3, -0.25) is 4.79 Å². The second-order valence-corrected chi connectivity index (χ2v) is 4.89. The Labute approximate surface area is 108 Å². The molecule has 2 unspecified atom stereocenters. The van der Waals surface area contributed by atoms with Gasteiger partial charge in [0.15, 0.2) is 0 Å². The van der Waals surface area contributed by atoms with E-state index in [-0.39, 0.29) is 5.91 Å². The Hall–Kier alpha value is -1.39. The van der Waals surface area contributed by atoms with E-state index in [4.69, 9.17) is 10.5 Å². The van der Waals surface area contributed by atoms with E-state index < -0.39 is 0 Å². The molecule has 0 aromatic heterocycles. The van der Waals surface area contributed by atoms with Crippen LogP contribution in [0, 0.1) is 5.92 Å². The molecule has 1 heterocycles. The highest BCUT2D eigenvalue weighted by atomic mass is 16.5. The van der Waals surface area contributed by atoms with Crippen LogP contribution < -0.4 is 11.1 Å². The normalized spacial score (nSPS) is 23.8. The lowest BCUT2D eigenvalue weighted by Gasteiger charge is -2.29. The van der Waals surface area contributed by atoms with Gasteiger partial charge in [-0.05, 0) is 30.0 Å². The molecule has 4 heteroatoms. The fourth-order valence-corrected chi connectivity index (χ4v) is 2.22. The molecular weight excluding hydrogens is 228 g/mol. The van der Waals surface area contributed by atoms with Crippen molar-refractivity contribution >= 4 is 5.91 Å². The summed E-state index contributed by atoms with van der Waals surface area (Å²) in [4.78, 5) is 11.0. The molecule has 1 aliphatic heterocycles. The number of amides is 1. The highest BCUT2D eigenvalue weighted by molar-refractivity contribution is 5.92. The number of ether oxygens (including phenoxy) is 1. The summed E-state index contributed by atoms with van der Waals surface area (Å²) in [6.07, 6.45) is 1.06. The minimum absolute atomic E-state index is 0.382. The van der Waals surface area contributed by atoms with Crippen LogP contribution in [-0.4, -0.2) is 25.2 Å². The van der Waals surface area contributed by atoms with Crippen molar-refractivity contribution in [3.8, 4) is 0 Å². The Kier molecular flexibility index (Phi) is 4.33. The molecule has 2 rings (SSSR count). The lowest BCUT2D eigenvalue weighted by Crippen LogP contribution is -2.40. The Morgan fingerprint density at radius 1 is 1.44 bits per heavy atom. The lowest BCUT2D eigenvalue weighted by molar-refractivity contribution is 0.0386. The van der Waals surface area contributed by atoms with Crippen molar-refractivity contribution in [3.05, 3.63) is 35.4 Å². The van der Waals surface area contributed by atoms with E-state index in [1.54, 1.807) is 12.1 Å². The first-order valence-electron chi connectivity index (χ1n) is 6.36. The zero-order valence-electron chi connectivity index (χ0n) is 10.7. The van der Waals surface area contributed by atoms with E-state index in [1.807, 2.05) is 12.1 Å². The molecule has 1 amide bonds. The van der Waals surface area contributed by atoms with Gasteiger partial charge in [-0.2, -0.15) is 0 Å². The average molecular weight is 248 g/mol. The largest absolute Gasteiger partial charge is 0.381 e. The number of nitrogens with one attached hydrogen (secondary N) is 1. The monoisotopic (exact) mass is 248 g/mol. The van der Waals surface area contributed by atoms with Gasteiger partial charge in [0.2, 0.25) is 5.91 Å². The highest BCUT2D eigenvalue weighted by Gasteiger charge is 2.20. The fourth-order valence-electron chi connectivity index (χ4n) is 2.22. The minimum Gasteiger partial charge on any atom is -0.381 e. The van der Waals surface area contributed by atoms with Crippen LogP contribution in [0.3, 0.4) is 0 Å². The molecule has 0 bridgehead atoms. The van der Waals surface area contributed by atoms with E-state index in [2.05, 4.69) is 12.2 Å². The van der Waals surface area contributed by atoms with Crippen LogP contribution in [0.25, 0.3) is 0 Å². The number of carbonyl (C=O) groups is 1. The summed E-state index contributed by atoms with van der Waals surface area (Å²) in [5.74, 6) is 0.163. The predicted octanol–water partition coefficient (Wildman–Crippen LogP) is 1.30. The van der Waals surface area contributed by atoms with Crippen LogP contribution in [0.4, 0.5) is 0 Å². The topological polar surface area (TPSA) is 64.3 Å². The maximum atomic E-state index is 11.0. The SMILES string of the molecule is CC1COCCC1NCc1ccc(C(N)=O)cc1. The van der Waals surface area contributed by atoms with Crippen LogP contribution in [0.2, 0.25) is 0 Å². The molecule has 1 saturated heterocycles. The quantitative estimate of drug-likeness (QED) is 0.844. The molecular formula is C14H20N2O2. The van der Waals surface area contributed by atoms with Crippen LogP contribution in [0.15, 0.2) is 24.3 Å². The summed E-state index contributed by atoms with van der Waals surface area (Å²) in [7, 11) is 0. The van der Waals surface area contributed by atoms with Crippen molar-refractivity contribution < 1.29 is 9.53 Å².